The molecule has 1 aromatic heterocycles. The van der Waals surface area contributed by atoms with E-state index in [2.05, 4.69) is 5.32 Å². The van der Waals surface area contributed by atoms with Crippen molar-refractivity contribution in [3.05, 3.63) is 24.3 Å². The molecule has 24 heavy (non-hydrogen) atoms. The lowest BCUT2D eigenvalue weighted by molar-refractivity contribution is -0.147. The number of hydrogen-bond acceptors (Lipinski definition) is 5. The Hall–Kier alpha value is -2.21. The van der Waals surface area contributed by atoms with Crippen LogP contribution in [-0.4, -0.2) is 39.9 Å². The van der Waals surface area contributed by atoms with Crippen molar-refractivity contribution in [2.45, 2.75) is 43.8 Å². The third kappa shape index (κ3) is 2.24. The first kappa shape index (κ1) is 15.3. The lowest BCUT2D eigenvalue weighted by Crippen LogP contribution is -2.42. The third-order valence-corrected chi connectivity index (χ3v) is 5.54. The quantitative estimate of drug-likeness (QED) is 0.752. The minimum atomic E-state index is -0.715. The van der Waals surface area contributed by atoms with E-state index in [1.165, 1.54) is 11.7 Å². The van der Waals surface area contributed by atoms with Crippen LogP contribution in [0.5, 0.6) is 11.8 Å². The molecule has 0 radical (unpaired) electrons. The van der Waals surface area contributed by atoms with Gasteiger partial charge in [-0.3, -0.25) is 4.57 Å². The molecule has 2 aliphatic heterocycles. The number of methoxy groups -OCH3 is 1. The molecule has 3 heterocycles. The fraction of sp³-hybridized carbons (Fsp3) is 0.500. The van der Waals surface area contributed by atoms with Gasteiger partial charge in [0.25, 0.3) is 0 Å². The highest BCUT2D eigenvalue weighted by molar-refractivity contribution is 5.94. The maximum atomic E-state index is 12.5. The van der Waals surface area contributed by atoms with E-state index in [1.807, 2.05) is 0 Å². The van der Waals surface area contributed by atoms with Gasteiger partial charge in [0.15, 0.2) is 0 Å². The number of fused-ring (bicyclic) bond motifs is 3. The highest BCUT2D eigenvalue weighted by Crippen LogP contribution is 2.45. The Morgan fingerprint density at radius 1 is 1.17 bits per heavy atom. The van der Waals surface area contributed by atoms with Crippen molar-refractivity contribution in [1.82, 2.24) is 9.88 Å². The Bertz CT molecular complexity index is 734. The average molecular weight is 330 g/mol. The van der Waals surface area contributed by atoms with Gasteiger partial charge in [-0.25, -0.2) is 4.79 Å². The summed E-state index contributed by atoms with van der Waals surface area (Å²) >= 11 is 0. The fourth-order valence-electron chi connectivity index (χ4n) is 4.48. The van der Waals surface area contributed by atoms with E-state index < -0.39 is 12.0 Å². The van der Waals surface area contributed by atoms with Crippen molar-refractivity contribution in [2.75, 3.05) is 7.11 Å². The lowest BCUT2D eigenvalue weighted by atomic mass is 9.86. The lowest BCUT2D eigenvalue weighted by Gasteiger charge is -2.34. The Kier molecular flexibility index (Phi) is 3.64. The average Bonchev–Trinajstić information content (AvgIpc) is 3.07. The Morgan fingerprint density at radius 3 is 2.21 bits per heavy atom. The summed E-state index contributed by atoms with van der Waals surface area (Å²) in [5.41, 5.74) is 0. The molecule has 2 saturated heterocycles. The minimum absolute atomic E-state index is 0.0230. The molecule has 3 unspecified atom stereocenters. The van der Waals surface area contributed by atoms with Crippen LogP contribution >= 0.6 is 0 Å². The number of rotatable bonds is 3. The van der Waals surface area contributed by atoms with Gasteiger partial charge < -0.3 is 20.3 Å². The van der Waals surface area contributed by atoms with Crippen LogP contribution in [0.15, 0.2) is 24.3 Å². The Morgan fingerprint density at radius 2 is 1.71 bits per heavy atom. The summed E-state index contributed by atoms with van der Waals surface area (Å²) in [6.45, 7) is 0. The van der Waals surface area contributed by atoms with Gasteiger partial charge in [-0.15, -0.1) is 0 Å². The van der Waals surface area contributed by atoms with Crippen molar-refractivity contribution in [2.24, 2.45) is 5.92 Å². The van der Waals surface area contributed by atoms with E-state index in [9.17, 15) is 15.0 Å². The normalized spacial score (nSPS) is 27.3. The molecule has 2 aromatic rings. The number of piperidine rings is 1. The van der Waals surface area contributed by atoms with Gasteiger partial charge in [0, 0.05) is 22.9 Å². The molecule has 3 atom stereocenters. The third-order valence-electron chi connectivity index (χ3n) is 5.54. The number of carbonyl (C=O) groups excluding carboxylic acids is 1. The SMILES string of the molecule is COC(=O)C(C1CC2CCC(C1)N2)n1c(O)c2ccccc2c1O. The summed E-state index contributed by atoms with van der Waals surface area (Å²) in [4.78, 5) is 12.5. The minimum Gasteiger partial charge on any atom is -0.494 e. The van der Waals surface area contributed by atoms with Gasteiger partial charge in [0.2, 0.25) is 11.8 Å². The molecule has 6 nitrogen and oxygen atoms in total. The smallest absolute Gasteiger partial charge is 0.329 e. The molecule has 4 rings (SSSR count). The predicted octanol–water partition coefficient (Wildman–Crippen LogP) is 2.30. The maximum absolute atomic E-state index is 12.5. The molecule has 0 spiro atoms. The summed E-state index contributed by atoms with van der Waals surface area (Å²) in [7, 11) is 1.35. The summed E-state index contributed by atoms with van der Waals surface area (Å²) in [6, 6.07) is 7.15. The number of ether oxygens (including phenoxy) is 1. The number of carbonyl (C=O) groups is 1. The molecule has 128 valence electrons. The first-order chi connectivity index (χ1) is 11.6. The van der Waals surface area contributed by atoms with Crippen LogP contribution in [0.3, 0.4) is 0 Å². The number of nitrogens with zero attached hydrogens (tertiary/aromatic N) is 1. The first-order valence-electron chi connectivity index (χ1n) is 8.45. The Balaban J connectivity index is 1.81. The van der Waals surface area contributed by atoms with Crippen LogP contribution < -0.4 is 5.32 Å². The second kappa shape index (κ2) is 5.70. The molecule has 1 aromatic carbocycles. The van der Waals surface area contributed by atoms with Crippen molar-refractivity contribution < 1.29 is 19.7 Å². The number of nitrogens with one attached hydrogen (secondary N) is 1. The second-order valence-electron chi connectivity index (χ2n) is 6.90. The van der Waals surface area contributed by atoms with Crippen LogP contribution in [-0.2, 0) is 9.53 Å². The van der Waals surface area contributed by atoms with Crippen LogP contribution in [0.4, 0.5) is 0 Å². The van der Waals surface area contributed by atoms with E-state index in [4.69, 9.17) is 4.74 Å². The van der Waals surface area contributed by atoms with E-state index in [0.29, 0.717) is 22.9 Å². The monoisotopic (exact) mass is 330 g/mol. The van der Waals surface area contributed by atoms with Gasteiger partial charge in [-0.1, -0.05) is 12.1 Å². The van der Waals surface area contributed by atoms with Gasteiger partial charge in [-0.05, 0) is 43.7 Å². The van der Waals surface area contributed by atoms with E-state index in [0.717, 1.165) is 25.7 Å². The molecule has 3 N–H and O–H groups in total. The molecular weight excluding hydrogens is 308 g/mol. The van der Waals surface area contributed by atoms with Gasteiger partial charge in [-0.2, -0.15) is 0 Å². The Labute approximate surface area is 140 Å². The van der Waals surface area contributed by atoms with Crippen molar-refractivity contribution >= 4 is 16.7 Å². The zero-order valence-corrected chi connectivity index (χ0v) is 13.6. The van der Waals surface area contributed by atoms with Gasteiger partial charge >= 0.3 is 5.97 Å². The van der Waals surface area contributed by atoms with E-state index in [-0.39, 0.29) is 17.7 Å². The fourth-order valence-corrected chi connectivity index (χ4v) is 4.48. The molecule has 0 amide bonds. The van der Waals surface area contributed by atoms with Crippen LogP contribution in [0, 0.1) is 5.92 Å². The van der Waals surface area contributed by atoms with Crippen LogP contribution in [0.2, 0.25) is 0 Å². The van der Waals surface area contributed by atoms with Gasteiger partial charge in [0.05, 0.1) is 7.11 Å². The molecule has 6 heteroatoms. The van der Waals surface area contributed by atoms with Crippen molar-refractivity contribution in [3.8, 4) is 11.8 Å². The summed E-state index contributed by atoms with van der Waals surface area (Å²) in [6.07, 6.45) is 3.90. The number of esters is 1. The topological polar surface area (TPSA) is 83.7 Å². The predicted molar refractivity (Wildman–Crippen MR) is 89.0 cm³/mol. The molecule has 0 aliphatic carbocycles. The number of hydrogen-bond donors (Lipinski definition) is 3. The van der Waals surface area contributed by atoms with E-state index >= 15 is 0 Å². The van der Waals surface area contributed by atoms with Gasteiger partial charge in [0.1, 0.15) is 6.04 Å². The second-order valence-corrected chi connectivity index (χ2v) is 6.90. The number of aromatic hydroxyl groups is 2. The van der Waals surface area contributed by atoms with Crippen molar-refractivity contribution in [3.63, 3.8) is 0 Å². The number of aromatic nitrogens is 1. The zero-order valence-electron chi connectivity index (χ0n) is 13.6. The summed E-state index contributed by atoms with van der Waals surface area (Å²) in [5.74, 6) is -0.559. The molecule has 2 bridgehead atoms. The van der Waals surface area contributed by atoms with Crippen molar-refractivity contribution in [1.29, 1.82) is 0 Å². The highest BCUT2D eigenvalue weighted by Gasteiger charge is 2.42. The molecule has 2 fully saturated rings. The number of benzene rings is 1. The maximum Gasteiger partial charge on any atom is 0.329 e. The zero-order chi connectivity index (χ0) is 16.8. The molecular formula is C18H22N2O4. The standard InChI is InChI=1S/C18H22N2O4/c1-24-18(23)15(10-8-11-6-7-12(9-10)19-11)20-16(21)13-4-2-3-5-14(13)17(20)22/h2-5,10-12,15,19,21-22H,6-9H2,1H3. The largest absolute Gasteiger partial charge is 0.494 e. The molecule has 0 saturated carbocycles. The molecule has 2 aliphatic rings. The van der Waals surface area contributed by atoms with Crippen LogP contribution in [0.25, 0.3) is 10.8 Å². The summed E-state index contributed by atoms with van der Waals surface area (Å²) < 4.78 is 6.37. The summed E-state index contributed by atoms with van der Waals surface area (Å²) in [5, 5.41) is 25.9. The highest BCUT2D eigenvalue weighted by atomic mass is 16.5. The van der Waals surface area contributed by atoms with Crippen LogP contribution in [0.1, 0.15) is 31.7 Å². The first-order valence-corrected chi connectivity index (χ1v) is 8.45. The van der Waals surface area contributed by atoms with E-state index in [1.54, 1.807) is 24.3 Å².